The second-order valence-corrected chi connectivity index (χ2v) is 22.0. The summed E-state index contributed by atoms with van der Waals surface area (Å²) in [5.41, 5.74) is 0. The minimum Gasteiger partial charge on any atom is -0.462 e. The van der Waals surface area contributed by atoms with Gasteiger partial charge in [0.25, 0.3) is 0 Å². The first-order chi connectivity index (χ1) is 36.0. The Bertz CT molecular complexity index is 1220. The van der Waals surface area contributed by atoms with Crippen molar-refractivity contribution in [3.63, 3.8) is 0 Å². The molecule has 73 heavy (non-hydrogen) atoms. The van der Waals surface area contributed by atoms with Crippen LogP contribution < -0.4 is 0 Å². The minimum atomic E-state index is -0.771. The number of allylic oxidation sites excluding steroid dienone is 6. The lowest BCUT2D eigenvalue weighted by Gasteiger charge is -2.18. The molecule has 0 aromatic carbocycles. The number of rotatable bonds is 60. The van der Waals surface area contributed by atoms with E-state index < -0.39 is 6.10 Å². The molecule has 6 nitrogen and oxygen atoms in total. The predicted molar refractivity (Wildman–Crippen MR) is 316 cm³/mol. The molecule has 428 valence electrons. The van der Waals surface area contributed by atoms with E-state index in [2.05, 4.69) is 57.2 Å². The van der Waals surface area contributed by atoms with Crippen LogP contribution in [0.3, 0.4) is 0 Å². The lowest BCUT2D eigenvalue weighted by Crippen LogP contribution is -2.30. The number of carbonyl (C=O) groups is 3. The van der Waals surface area contributed by atoms with Gasteiger partial charge in [-0.15, -0.1) is 0 Å². The molecule has 6 heteroatoms. The van der Waals surface area contributed by atoms with Gasteiger partial charge in [0.15, 0.2) is 6.10 Å². The van der Waals surface area contributed by atoms with Gasteiger partial charge in [-0.2, -0.15) is 0 Å². The quantitative estimate of drug-likeness (QED) is 0.0261. The minimum absolute atomic E-state index is 0.0677. The average Bonchev–Trinajstić information content (AvgIpc) is 3.39. The van der Waals surface area contributed by atoms with Crippen LogP contribution in [0.2, 0.25) is 0 Å². The number of ether oxygens (including phenoxy) is 3. The van der Waals surface area contributed by atoms with E-state index in [0.717, 1.165) is 77.0 Å². The first-order valence-corrected chi connectivity index (χ1v) is 32.5. The summed E-state index contributed by atoms with van der Waals surface area (Å²) in [6, 6.07) is 0. The van der Waals surface area contributed by atoms with Crippen LogP contribution in [0.25, 0.3) is 0 Å². The van der Waals surface area contributed by atoms with E-state index in [4.69, 9.17) is 14.2 Å². The van der Waals surface area contributed by atoms with Gasteiger partial charge in [0, 0.05) is 19.3 Å². The molecule has 0 bridgehead atoms. The summed E-state index contributed by atoms with van der Waals surface area (Å²) in [5, 5.41) is 0. The summed E-state index contributed by atoms with van der Waals surface area (Å²) in [7, 11) is 0. The van der Waals surface area contributed by atoms with E-state index in [1.165, 1.54) is 238 Å². The zero-order valence-electron chi connectivity index (χ0n) is 49.2. The molecule has 1 atom stereocenters. The Morgan fingerprint density at radius 1 is 0.288 bits per heavy atom. The summed E-state index contributed by atoms with van der Waals surface area (Å²) >= 11 is 0. The second-order valence-electron chi connectivity index (χ2n) is 22.0. The molecule has 0 rings (SSSR count). The molecule has 0 saturated heterocycles. The summed E-state index contributed by atoms with van der Waals surface area (Å²) in [4.78, 5) is 38.4. The van der Waals surface area contributed by atoms with Gasteiger partial charge in [-0.25, -0.2) is 0 Å². The van der Waals surface area contributed by atoms with E-state index in [-0.39, 0.29) is 31.1 Å². The predicted octanol–water partition coefficient (Wildman–Crippen LogP) is 22.0. The molecule has 0 aliphatic carbocycles. The molecular weight excluding hydrogens is 901 g/mol. The highest BCUT2D eigenvalue weighted by molar-refractivity contribution is 5.71. The molecule has 0 aromatic heterocycles. The van der Waals surface area contributed by atoms with Gasteiger partial charge in [-0.3, -0.25) is 14.4 Å². The maximum absolute atomic E-state index is 12.9. The van der Waals surface area contributed by atoms with Gasteiger partial charge in [0.1, 0.15) is 13.2 Å². The molecule has 0 aliphatic rings. The van der Waals surface area contributed by atoms with Gasteiger partial charge >= 0.3 is 17.9 Å². The fraction of sp³-hybridized carbons (Fsp3) is 0.866. The van der Waals surface area contributed by atoms with Gasteiger partial charge < -0.3 is 14.2 Å². The lowest BCUT2D eigenvalue weighted by molar-refractivity contribution is -0.167. The summed E-state index contributed by atoms with van der Waals surface area (Å²) in [5.74, 6) is -0.845. The van der Waals surface area contributed by atoms with E-state index in [1.807, 2.05) is 0 Å². The largest absolute Gasteiger partial charge is 0.462 e. The van der Waals surface area contributed by atoms with Gasteiger partial charge in [0.05, 0.1) is 0 Å². The van der Waals surface area contributed by atoms with Crippen molar-refractivity contribution in [1.82, 2.24) is 0 Å². The van der Waals surface area contributed by atoms with Crippen molar-refractivity contribution in [1.29, 1.82) is 0 Å². The van der Waals surface area contributed by atoms with Crippen LogP contribution in [0.1, 0.15) is 355 Å². The maximum Gasteiger partial charge on any atom is 0.306 e. The van der Waals surface area contributed by atoms with E-state index in [1.54, 1.807) is 0 Å². The molecule has 0 saturated carbocycles. The standard InChI is InChI=1S/C67H124O6/c1-4-7-10-13-16-19-22-25-28-31-33-36-39-42-45-48-51-54-57-60-66(69)72-63-64(62-71-65(68)59-56-53-50-47-44-41-38-35-30-27-24-21-18-15-12-9-6-3)73-67(70)61-58-55-52-49-46-43-40-37-34-32-29-26-23-20-17-14-11-8-5-2/h7,10,16,19,25,28,64H,4-6,8-9,11-15,17-18,20-24,26-27,29-63H2,1-3H3/b10-7-,19-16-,28-25-. The van der Waals surface area contributed by atoms with Crippen LogP contribution in [0, 0.1) is 0 Å². The molecule has 1 unspecified atom stereocenters. The zero-order valence-corrected chi connectivity index (χ0v) is 49.2. The van der Waals surface area contributed by atoms with Crippen LogP contribution in [0.5, 0.6) is 0 Å². The molecule has 0 aliphatic heterocycles. The number of unbranched alkanes of at least 4 members (excludes halogenated alkanes) is 43. The Labute approximate surface area is 455 Å². The van der Waals surface area contributed by atoms with Crippen molar-refractivity contribution in [2.24, 2.45) is 0 Å². The fourth-order valence-corrected chi connectivity index (χ4v) is 9.81. The first kappa shape index (κ1) is 70.6. The Morgan fingerprint density at radius 2 is 0.534 bits per heavy atom. The zero-order chi connectivity index (χ0) is 52.9. The third kappa shape index (κ3) is 60.4. The van der Waals surface area contributed by atoms with Crippen LogP contribution in [-0.4, -0.2) is 37.2 Å². The Kier molecular flexibility index (Phi) is 60.2. The van der Waals surface area contributed by atoms with Gasteiger partial charge in [0.2, 0.25) is 0 Å². The van der Waals surface area contributed by atoms with E-state index in [9.17, 15) is 14.4 Å². The average molecular weight is 1030 g/mol. The molecule has 0 radical (unpaired) electrons. The van der Waals surface area contributed by atoms with Crippen molar-refractivity contribution in [3.8, 4) is 0 Å². The molecule has 0 aromatic rings. The highest BCUT2D eigenvalue weighted by atomic mass is 16.6. The van der Waals surface area contributed by atoms with Crippen molar-refractivity contribution in [3.05, 3.63) is 36.5 Å². The molecule has 0 heterocycles. The second kappa shape index (κ2) is 62.2. The fourth-order valence-electron chi connectivity index (χ4n) is 9.81. The van der Waals surface area contributed by atoms with E-state index in [0.29, 0.717) is 19.3 Å². The highest BCUT2D eigenvalue weighted by Gasteiger charge is 2.19. The summed E-state index contributed by atoms with van der Waals surface area (Å²) < 4.78 is 17.0. The monoisotopic (exact) mass is 1020 g/mol. The van der Waals surface area contributed by atoms with Crippen LogP contribution in [-0.2, 0) is 28.6 Å². The topological polar surface area (TPSA) is 78.9 Å². The van der Waals surface area contributed by atoms with Crippen molar-refractivity contribution < 1.29 is 28.6 Å². The third-order valence-corrected chi connectivity index (χ3v) is 14.7. The first-order valence-electron chi connectivity index (χ1n) is 32.5. The smallest absolute Gasteiger partial charge is 0.306 e. The van der Waals surface area contributed by atoms with Crippen LogP contribution in [0.4, 0.5) is 0 Å². The molecule has 0 N–H and O–H groups in total. The van der Waals surface area contributed by atoms with Crippen molar-refractivity contribution in [2.45, 2.75) is 361 Å². The van der Waals surface area contributed by atoms with Crippen molar-refractivity contribution in [2.75, 3.05) is 13.2 Å². The van der Waals surface area contributed by atoms with E-state index >= 15 is 0 Å². The summed E-state index contributed by atoms with van der Waals surface area (Å²) in [6.45, 7) is 6.60. The highest BCUT2D eigenvalue weighted by Crippen LogP contribution is 2.18. The van der Waals surface area contributed by atoms with Crippen LogP contribution >= 0.6 is 0 Å². The van der Waals surface area contributed by atoms with Crippen molar-refractivity contribution >= 4 is 17.9 Å². The Morgan fingerprint density at radius 3 is 0.836 bits per heavy atom. The molecular formula is C67H124O6. The molecule has 0 spiro atoms. The summed E-state index contributed by atoms with van der Waals surface area (Å²) in [6.07, 6.45) is 75.8. The van der Waals surface area contributed by atoms with Gasteiger partial charge in [-0.05, 0) is 51.4 Å². The third-order valence-electron chi connectivity index (χ3n) is 14.7. The van der Waals surface area contributed by atoms with Crippen LogP contribution in [0.15, 0.2) is 36.5 Å². The molecule has 0 fully saturated rings. The Hall–Kier alpha value is -2.37. The molecule has 0 amide bonds. The maximum atomic E-state index is 12.9. The normalized spacial score (nSPS) is 12.2. The Balaban J connectivity index is 4.32. The number of hydrogen-bond acceptors (Lipinski definition) is 6. The number of hydrogen-bond donors (Lipinski definition) is 0. The number of esters is 3. The lowest BCUT2D eigenvalue weighted by atomic mass is 10.0. The number of carbonyl (C=O) groups excluding carboxylic acids is 3. The SMILES string of the molecule is CC/C=C\C/C=C\C/C=C\CCCCCCCCCCCC(=O)OCC(COC(=O)CCCCCCCCCCCCCCCCCCC)OC(=O)CCCCCCCCCCCCCCCCCCCCC. The van der Waals surface area contributed by atoms with Gasteiger partial charge in [-0.1, -0.05) is 320 Å².